The second kappa shape index (κ2) is 6.04. The molecular formula is C18H24N2O3. The third-order valence-electron chi connectivity index (χ3n) is 5.47. The first-order chi connectivity index (χ1) is 11.3. The van der Waals surface area contributed by atoms with Crippen molar-refractivity contribution in [2.45, 2.75) is 31.1 Å². The fraction of sp³-hybridized carbons (Fsp3) is 0.611. The summed E-state index contributed by atoms with van der Waals surface area (Å²) in [7, 11) is 0. The molecule has 124 valence electrons. The summed E-state index contributed by atoms with van der Waals surface area (Å²) < 4.78 is 11.4. The molecule has 2 fully saturated rings. The number of nitrogens with one attached hydrogen (secondary N) is 2. The molecule has 23 heavy (non-hydrogen) atoms. The molecule has 2 N–H and O–H groups in total. The van der Waals surface area contributed by atoms with Crippen LogP contribution in [0.3, 0.4) is 0 Å². The Balaban J connectivity index is 1.53. The molecule has 1 aromatic carbocycles. The van der Waals surface area contributed by atoms with E-state index < -0.39 is 0 Å². The van der Waals surface area contributed by atoms with E-state index in [1.54, 1.807) is 0 Å². The number of amides is 1. The number of hydrogen-bond donors (Lipinski definition) is 2. The number of hydrogen-bond acceptors (Lipinski definition) is 4. The standard InChI is InChI=1S/C18H24N2O3/c21-17(13-10-19-11-13)20-12-18(5-1-2-6-18)14-3-4-15-16(9-14)23-8-7-22-15/h3-4,9,13,19H,1-2,5-8,10-12H2,(H,20,21). The van der Waals surface area contributed by atoms with Gasteiger partial charge in [-0.1, -0.05) is 18.9 Å². The molecule has 0 spiro atoms. The first-order valence-electron chi connectivity index (χ1n) is 8.65. The predicted molar refractivity (Wildman–Crippen MR) is 86.9 cm³/mol. The summed E-state index contributed by atoms with van der Waals surface area (Å²) >= 11 is 0. The molecule has 0 bridgehead atoms. The lowest BCUT2D eigenvalue weighted by molar-refractivity contribution is -0.126. The molecule has 1 saturated carbocycles. The van der Waals surface area contributed by atoms with Gasteiger partial charge in [0.1, 0.15) is 13.2 Å². The van der Waals surface area contributed by atoms with Crippen LogP contribution in [0.25, 0.3) is 0 Å². The van der Waals surface area contributed by atoms with Gasteiger partial charge in [0.25, 0.3) is 0 Å². The van der Waals surface area contributed by atoms with Gasteiger partial charge in [-0.05, 0) is 30.5 Å². The van der Waals surface area contributed by atoms with E-state index in [-0.39, 0.29) is 17.2 Å². The molecule has 0 atom stereocenters. The average Bonchev–Trinajstić information content (AvgIpc) is 3.01. The molecule has 0 radical (unpaired) electrons. The van der Waals surface area contributed by atoms with E-state index in [9.17, 15) is 4.79 Å². The number of carbonyl (C=O) groups excluding carboxylic acids is 1. The molecule has 1 amide bonds. The van der Waals surface area contributed by atoms with E-state index in [0.717, 1.165) is 44.0 Å². The molecule has 5 nitrogen and oxygen atoms in total. The summed E-state index contributed by atoms with van der Waals surface area (Å²) in [6.07, 6.45) is 4.68. The zero-order valence-corrected chi connectivity index (χ0v) is 13.4. The Morgan fingerprint density at radius 3 is 2.61 bits per heavy atom. The fourth-order valence-electron chi connectivity index (χ4n) is 3.87. The van der Waals surface area contributed by atoms with Gasteiger partial charge in [0.05, 0.1) is 5.92 Å². The SMILES string of the molecule is O=C(NCC1(c2ccc3c(c2)OCCO3)CCCC1)C1CNC1. The van der Waals surface area contributed by atoms with Crippen LogP contribution in [0.4, 0.5) is 0 Å². The molecule has 0 unspecified atom stereocenters. The zero-order chi connectivity index (χ0) is 15.7. The monoisotopic (exact) mass is 316 g/mol. The van der Waals surface area contributed by atoms with E-state index in [0.29, 0.717) is 13.2 Å². The summed E-state index contributed by atoms with van der Waals surface area (Å²) in [5, 5.41) is 6.35. The van der Waals surface area contributed by atoms with Crippen LogP contribution in [-0.4, -0.2) is 38.8 Å². The third-order valence-corrected chi connectivity index (χ3v) is 5.47. The number of benzene rings is 1. The Hall–Kier alpha value is -1.75. The van der Waals surface area contributed by atoms with Gasteiger partial charge in [0.15, 0.2) is 11.5 Å². The van der Waals surface area contributed by atoms with Crippen molar-refractivity contribution >= 4 is 5.91 Å². The van der Waals surface area contributed by atoms with Gasteiger partial charge in [-0.2, -0.15) is 0 Å². The van der Waals surface area contributed by atoms with Crippen molar-refractivity contribution < 1.29 is 14.3 Å². The van der Waals surface area contributed by atoms with Gasteiger partial charge in [0, 0.05) is 25.0 Å². The van der Waals surface area contributed by atoms with E-state index in [1.165, 1.54) is 18.4 Å². The molecule has 0 aromatic heterocycles. The molecular weight excluding hydrogens is 292 g/mol. The molecule has 1 aliphatic carbocycles. The summed E-state index contributed by atoms with van der Waals surface area (Å²) in [6, 6.07) is 6.29. The summed E-state index contributed by atoms with van der Waals surface area (Å²) in [6.45, 7) is 3.56. The van der Waals surface area contributed by atoms with E-state index >= 15 is 0 Å². The highest BCUT2D eigenvalue weighted by molar-refractivity contribution is 5.80. The third kappa shape index (κ3) is 2.78. The van der Waals surface area contributed by atoms with Gasteiger partial charge < -0.3 is 20.1 Å². The minimum atomic E-state index is 0.0443. The van der Waals surface area contributed by atoms with Crippen LogP contribution >= 0.6 is 0 Å². The van der Waals surface area contributed by atoms with E-state index in [1.807, 2.05) is 6.07 Å². The van der Waals surface area contributed by atoms with Crippen LogP contribution in [0.5, 0.6) is 11.5 Å². The second-order valence-electron chi connectivity index (χ2n) is 6.92. The predicted octanol–water partition coefficient (Wildman–Crippen LogP) is 1.61. The van der Waals surface area contributed by atoms with Gasteiger partial charge >= 0.3 is 0 Å². The van der Waals surface area contributed by atoms with Crippen LogP contribution < -0.4 is 20.1 Å². The van der Waals surface area contributed by atoms with Crippen molar-refractivity contribution in [3.63, 3.8) is 0 Å². The van der Waals surface area contributed by atoms with Gasteiger partial charge in [0.2, 0.25) is 5.91 Å². The Kier molecular flexibility index (Phi) is 3.89. The zero-order valence-electron chi connectivity index (χ0n) is 13.4. The van der Waals surface area contributed by atoms with Crippen molar-refractivity contribution in [3.8, 4) is 11.5 Å². The number of ether oxygens (including phenoxy) is 2. The minimum Gasteiger partial charge on any atom is -0.486 e. The Bertz CT molecular complexity index is 592. The van der Waals surface area contributed by atoms with Gasteiger partial charge in [-0.15, -0.1) is 0 Å². The maximum absolute atomic E-state index is 12.2. The highest BCUT2D eigenvalue weighted by Crippen LogP contribution is 2.43. The molecule has 4 rings (SSSR count). The van der Waals surface area contributed by atoms with Crippen molar-refractivity contribution in [1.29, 1.82) is 0 Å². The second-order valence-corrected chi connectivity index (χ2v) is 6.92. The first kappa shape index (κ1) is 14.8. The molecule has 2 aliphatic heterocycles. The van der Waals surface area contributed by atoms with Crippen molar-refractivity contribution in [1.82, 2.24) is 10.6 Å². The summed E-state index contributed by atoms with van der Waals surface area (Å²) in [5.74, 6) is 2.01. The quantitative estimate of drug-likeness (QED) is 0.886. The van der Waals surface area contributed by atoms with Crippen LogP contribution in [0.15, 0.2) is 18.2 Å². The maximum Gasteiger partial charge on any atom is 0.225 e. The van der Waals surface area contributed by atoms with Crippen LogP contribution in [0.2, 0.25) is 0 Å². The minimum absolute atomic E-state index is 0.0443. The van der Waals surface area contributed by atoms with E-state index in [4.69, 9.17) is 9.47 Å². The lowest BCUT2D eigenvalue weighted by Crippen LogP contribution is -2.52. The van der Waals surface area contributed by atoms with Gasteiger partial charge in [-0.25, -0.2) is 0 Å². The number of rotatable bonds is 4. The molecule has 2 heterocycles. The average molecular weight is 316 g/mol. The number of fused-ring (bicyclic) bond motifs is 1. The molecule has 3 aliphatic rings. The number of carbonyl (C=O) groups is 1. The normalized spacial score (nSPS) is 22.4. The van der Waals surface area contributed by atoms with Crippen molar-refractivity contribution in [2.75, 3.05) is 32.8 Å². The highest BCUT2D eigenvalue weighted by Gasteiger charge is 2.37. The van der Waals surface area contributed by atoms with Crippen LogP contribution in [-0.2, 0) is 10.2 Å². The Morgan fingerprint density at radius 2 is 1.91 bits per heavy atom. The maximum atomic E-state index is 12.2. The lowest BCUT2D eigenvalue weighted by atomic mass is 9.78. The molecule has 1 aromatic rings. The Labute approximate surface area is 136 Å². The smallest absolute Gasteiger partial charge is 0.225 e. The summed E-state index contributed by atoms with van der Waals surface area (Å²) in [4.78, 5) is 12.2. The lowest BCUT2D eigenvalue weighted by Gasteiger charge is -2.33. The van der Waals surface area contributed by atoms with Gasteiger partial charge in [-0.3, -0.25) is 4.79 Å². The highest BCUT2D eigenvalue weighted by atomic mass is 16.6. The topological polar surface area (TPSA) is 59.6 Å². The van der Waals surface area contributed by atoms with Crippen molar-refractivity contribution in [3.05, 3.63) is 23.8 Å². The van der Waals surface area contributed by atoms with Crippen molar-refractivity contribution in [2.24, 2.45) is 5.92 Å². The first-order valence-corrected chi connectivity index (χ1v) is 8.65. The van der Waals surface area contributed by atoms with E-state index in [2.05, 4.69) is 22.8 Å². The molecule has 1 saturated heterocycles. The van der Waals surface area contributed by atoms with Crippen LogP contribution in [0, 0.1) is 5.92 Å². The van der Waals surface area contributed by atoms with Crippen LogP contribution in [0.1, 0.15) is 31.2 Å². The molecule has 5 heteroatoms. The summed E-state index contributed by atoms with van der Waals surface area (Å²) in [5.41, 5.74) is 1.31. The largest absolute Gasteiger partial charge is 0.486 e. The Morgan fingerprint density at radius 1 is 1.17 bits per heavy atom. The fourth-order valence-corrected chi connectivity index (χ4v) is 3.87.